The summed E-state index contributed by atoms with van der Waals surface area (Å²) >= 11 is 0. The highest BCUT2D eigenvalue weighted by molar-refractivity contribution is 6.05. The van der Waals surface area contributed by atoms with E-state index in [0.717, 1.165) is 56.5 Å². The third-order valence-corrected chi connectivity index (χ3v) is 5.53. The molecular weight excluding hydrogens is 260 g/mol. The molecule has 1 fully saturated rings. The highest BCUT2D eigenvalue weighted by atomic mass is 16.1. The summed E-state index contributed by atoms with van der Waals surface area (Å²) in [5.41, 5.74) is 3.06. The summed E-state index contributed by atoms with van der Waals surface area (Å²) in [7, 11) is 0. The Balaban J connectivity index is 1.92. The van der Waals surface area contributed by atoms with Crippen LogP contribution in [0.2, 0.25) is 0 Å². The number of aromatic nitrogens is 1. The van der Waals surface area contributed by atoms with E-state index in [1.165, 1.54) is 10.9 Å². The van der Waals surface area contributed by atoms with Gasteiger partial charge >= 0.3 is 0 Å². The van der Waals surface area contributed by atoms with Gasteiger partial charge in [-0.25, -0.2) is 0 Å². The number of benzene rings is 1. The van der Waals surface area contributed by atoms with Gasteiger partial charge in [0.1, 0.15) is 0 Å². The largest absolute Gasteiger partial charge is 0.352 e. The number of carbonyl (C=O) groups excluding carboxylic acids is 1. The van der Waals surface area contributed by atoms with Crippen molar-refractivity contribution < 1.29 is 4.79 Å². The minimum absolute atomic E-state index is 0.172. The molecule has 2 bridgehead atoms. The van der Waals surface area contributed by atoms with Crippen LogP contribution in [0.5, 0.6) is 0 Å². The van der Waals surface area contributed by atoms with Crippen LogP contribution in [-0.2, 0) is 6.42 Å². The Morgan fingerprint density at radius 1 is 1.29 bits per heavy atom. The molecule has 3 nitrogen and oxygen atoms in total. The Bertz CT molecular complexity index is 702. The van der Waals surface area contributed by atoms with Crippen molar-refractivity contribution >= 4 is 16.7 Å². The van der Waals surface area contributed by atoms with E-state index in [0.29, 0.717) is 5.78 Å². The van der Waals surface area contributed by atoms with Crippen molar-refractivity contribution in [2.75, 3.05) is 19.6 Å². The zero-order valence-electron chi connectivity index (χ0n) is 12.6. The fourth-order valence-corrected chi connectivity index (χ4v) is 4.24. The third kappa shape index (κ3) is 1.87. The highest BCUT2D eigenvalue weighted by Crippen LogP contribution is 2.40. The van der Waals surface area contributed by atoms with E-state index in [1.807, 2.05) is 6.07 Å². The number of rotatable bonds is 1. The summed E-state index contributed by atoms with van der Waals surface area (Å²) in [4.78, 5) is 19.2. The van der Waals surface area contributed by atoms with Crippen molar-refractivity contribution in [1.29, 1.82) is 0 Å². The standard InChI is InChI=1S/C18H22N2O/c1-2-18-9-5-10-20(12-18)11-8-14-13-6-3-4-7-15(13)19-16(14)17(18)21/h3-4,6-7,19H,2,5,8-12H2,1H3/t18-/m1/s1. The smallest absolute Gasteiger partial charge is 0.186 e. The number of fused-ring (bicyclic) bond motifs is 5. The highest BCUT2D eigenvalue weighted by Gasteiger charge is 2.43. The average molecular weight is 282 g/mol. The Hall–Kier alpha value is -1.61. The molecule has 1 unspecified atom stereocenters. The first kappa shape index (κ1) is 13.1. The molecule has 2 aliphatic rings. The normalized spacial score (nSPS) is 29.0. The van der Waals surface area contributed by atoms with Crippen LogP contribution in [0, 0.1) is 5.41 Å². The molecule has 110 valence electrons. The number of hydrogen-bond acceptors (Lipinski definition) is 2. The molecule has 1 saturated heterocycles. The van der Waals surface area contributed by atoms with Crippen LogP contribution in [0.4, 0.5) is 0 Å². The van der Waals surface area contributed by atoms with Gasteiger partial charge in [-0.15, -0.1) is 0 Å². The monoisotopic (exact) mass is 282 g/mol. The van der Waals surface area contributed by atoms with Crippen molar-refractivity contribution in [3.8, 4) is 0 Å². The maximum absolute atomic E-state index is 13.3. The SMILES string of the molecule is CC[C@]12CCCN(CCc3c([nH]c4ccccc34)C1=O)C2. The summed E-state index contributed by atoms with van der Waals surface area (Å²) in [5, 5.41) is 1.23. The molecule has 2 aromatic rings. The molecule has 3 heterocycles. The number of ketones is 1. The van der Waals surface area contributed by atoms with Crippen LogP contribution in [0.1, 0.15) is 42.2 Å². The first-order valence-corrected chi connectivity index (χ1v) is 8.10. The lowest BCUT2D eigenvalue weighted by Gasteiger charge is -2.42. The van der Waals surface area contributed by atoms with Crippen LogP contribution in [-0.4, -0.2) is 35.3 Å². The lowest BCUT2D eigenvalue weighted by Crippen LogP contribution is -2.49. The molecule has 1 aromatic carbocycles. The third-order valence-electron chi connectivity index (χ3n) is 5.53. The predicted molar refractivity (Wildman–Crippen MR) is 84.7 cm³/mol. The number of aromatic amines is 1. The molecule has 0 radical (unpaired) electrons. The van der Waals surface area contributed by atoms with Gasteiger partial charge in [-0.1, -0.05) is 25.1 Å². The van der Waals surface area contributed by atoms with Crippen molar-refractivity contribution in [2.24, 2.45) is 5.41 Å². The number of nitrogens with one attached hydrogen (secondary N) is 1. The van der Waals surface area contributed by atoms with E-state index >= 15 is 0 Å². The van der Waals surface area contributed by atoms with Gasteiger partial charge in [0.05, 0.1) is 5.69 Å². The fraction of sp³-hybridized carbons (Fsp3) is 0.500. The van der Waals surface area contributed by atoms with Gasteiger partial charge in [0, 0.05) is 29.4 Å². The summed E-state index contributed by atoms with van der Waals surface area (Å²) < 4.78 is 0. The number of para-hydroxylation sites is 1. The molecule has 2 atom stereocenters. The van der Waals surface area contributed by atoms with Crippen LogP contribution in [0.3, 0.4) is 0 Å². The number of hydrogen-bond donors (Lipinski definition) is 1. The van der Waals surface area contributed by atoms with E-state index < -0.39 is 0 Å². The fourth-order valence-electron chi connectivity index (χ4n) is 4.24. The molecule has 2 aliphatic heterocycles. The predicted octanol–water partition coefficient (Wildman–Crippen LogP) is 3.40. The van der Waals surface area contributed by atoms with Gasteiger partial charge < -0.3 is 9.88 Å². The van der Waals surface area contributed by atoms with Gasteiger partial charge in [0.2, 0.25) is 0 Å². The second-order valence-electron chi connectivity index (χ2n) is 6.62. The van der Waals surface area contributed by atoms with E-state index in [-0.39, 0.29) is 5.41 Å². The minimum Gasteiger partial charge on any atom is -0.352 e. The number of piperidine rings is 1. The van der Waals surface area contributed by atoms with Crippen molar-refractivity contribution in [2.45, 2.75) is 32.6 Å². The minimum atomic E-state index is -0.172. The van der Waals surface area contributed by atoms with Crippen molar-refractivity contribution in [1.82, 2.24) is 9.88 Å². The van der Waals surface area contributed by atoms with Crippen LogP contribution >= 0.6 is 0 Å². The summed E-state index contributed by atoms with van der Waals surface area (Å²) in [6.07, 6.45) is 4.10. The average Bonchev–Trinajstić information content (AvgIpc) is 2.90. The van der Waals surface area contributed by atoms with Crippen LogP contribution < -0.4 is 0 Å². The topological polar surface area (TPSA) is 36.1 Å². The molecular formula is C18H22N2O. The van der Waals surface area contributed by atoms with Gasteiger partial charge in [0.25, 0.3) is 0 Å². The molecule has 4 rings (SSSR count). The van der Waals surface area contributed by atoms with Crippen LogP contribution in [0.15, 0.2) is 24.3 Å². The summed E-state index contributed by atoms with van der Waals surface area (Å²) in [6, 6.07) is 8.33. The Labute approximate surface area is 125 Å². The van der Waals surface area contributed by atoms with Crippen LogP contribution in [0.25, 0.3) is 10.9 Å². The lowest BCUT2D eigenvalue weighted by atomic mass is 9.71. The molecule has 1 aromatic heterocycles. The van der Waals surface area contributed by atoms with Gasteiger partial charge in [0.15, 0.2) is 5.78 Å². The quantitative estimate of drug-likeness (QED) is 0.870. The molecule has 0 spiro atoms. The number of carbonyl (C=O) groups is 1. The molecule has 21 heavy (non-hydrogen) atoms. The van der Waals surface area contributed by atoms with Gasteiger partial charge in [-0.3, -0.25) is 4.79 Å². The Morgan fingerprint density at radius 3 is 3.00 bits per heavy atom. The molecule has 1 N–H and O–H groups in total. The Morgan fingerprint density at radius 2 is 2.14 bits per heavy atom. The van der Waals surface area contributed by atoms with E-state index in [1.54, 1.807) is 0 Å². The lowest BCUT2D eigenvalue weighted by molar-refractivity contribution is 0.0507. The first-order chi connectivity index (χ1) is 10.2. The summed E-state index contributed by atoms with van der Waals surface area (Å²) in [6.45, 7) is 5.33. The van der Waals surface area contributed by atoms with Crippen molar-refractivity contribution in [3.63, 3.8) is 0 Å². The van der Waals surface area contributed by atoms with E-state index in [4.69, 9.17) is 0 Å². The van der Waals surface area contributed by atoms with Gasteiger partial charge in [-0.05, 0) is 43.9 Å². The van der Waals surface area contributed by atoms with Crippen molar-refractivity contribution in [3.05, 3.63) is 35.5 Å². The maximum Gasteiger partial charge on any atom is 0.186 e. The van der Waals surface area contributed by atoms with E-state index in [9.17, 15) is 4.79 Å². The maximum atomic E-state index is 13.3. The molecule has 0 saturated carbocycles. The van der Waals surface area contributed by atoms with E-state index in [2.05, 4.69) is 35.0 Å². The second-order valence-corrected chi connectivity index (χ2v) is 6.62. The molecule has 0 aliphatic carbocycles. The number of H-pyrrole nitrogens is 1. The van der Waals surface area contributed by atoms with Gasteiger partial charge in [-0.2, -0.15) is 0 Å². The molecule has 0 amide bonds. The second kappa shape index (κ2) is 4.70. The zero-order chi connectivity index (χ0) is 14.4. The Kier molecular flexibility index (Phi) is 2.93. The zero-order valence-corrected chi connectivity index (χ0v) is 12.6. The number of Topliss-reactive ketones (excluding diaryl/α,β-unsaturated/α-hetero) is 1. The number of nitrogens with zero attached hydrogens (tertiary/aromatic N) is 1. The molecule has 3 heteroatoms. The summed E-state index contributed by atoms with van der Waals surface area (Å²) in [5.74, 6) is 0.348. The first-order valence-electron chi connectivity index (χ1n) is 8.10.